The van der Waals surface area contributed by atoms with Gasteiger partial charge in [0.25, 0.3) is 0 Å². The van der Waals surface area contributed by atoms with Gasteiger partial charge in [0.15, 0.2) is 0 Å². The molecule has 2 aromatic carbocycles. The van der Waals surface area contributed by atoms with Gasteiger partial charge in [-0.25, -0.2) is 8.78 Å². The molecule has 5 heteroatoms. The van der Waals surface area contributed by atoms with Crippen LogP contribution >= 0.6 is 15.9 Å². The molecule has 172 valence electrons. The summed E-state index contributed by atoms with van der Waals surface area (Å²) in [6, 6.07) is 9.62. The maximum Gasteiger partial charge on any atom is 0.332 e. The quantitative estimate of drug-likeness (QED) is 0.214. The van der Waals surface area contributed by atoms with Crippen LogP contribution in [0.4, 0.5) is 17.6 Å². The third kappa shape index (κ3) is 5.13. The third-order valence-corrected chi connectivity index (χ3v) is 8.03. The molecule has 0 heterocycles. The van der Waals surface area contributed by atoms with Crippen molar-refractivity contribution in [3.63, 3.8) is 0 Å². The molecule has 0 nitrogen and oxygen atoms in total. The lowest BCUT2D eigenvalue weighted by atomic mass is 9.68. The van der Waals surface area contributed by atoms with Crippen molar-refractivity contribution >= 4 is 15.9 Å². The number of halogens is 5. The summed E-state index contributed by atoms with van der Waals surface area (Å²) >= 11 is 2.04. The van der Waals surface area contributed by atoms with Gasteiger partial charge in [0.1, 0.15) is 17.2 Å². The van der Waals surface area contributed by atoms with E-state index in [1.54, 1.807) is 0 Å². The maximum absolute atomic E-state index is 14.1. The lowest BCUT2D eigenvalue weighted by Gasteiger charge is -2.37. The summed E-state index contributed by atoms with van der Waals surface area (Å²) < 4.78 is 55.0. The van der Waals surface area contributed by atoms with Crippen LogP contribution < -0.4 is 0 Å². The molecule has 0 unspecified atom stereocenters. The first-order valence-electron chi connectivity index (χ1n) is 11.6. The average Bonchev–Trinajstić information content (AvgIpc) is 2.78. The lowest BCUT2D eigenvalue weighted by Crippen LogP contribution is -2.25. The van der Waals surface area contributed by atoms with Crippen LogP contribution in [0.15, 0.2) is 49.1 Å². The SMILES string of the molecule is C=CC1CCC(C2CCC(c3ccc(-c4cc(F)c(C(F)(F)Br)c(F)c4)cc3)CC2)CC1. The Balaban J connectivity index is 1.39. The first-order valence-corrected chi connectivity index (χ1v) is 12.3. The molecule has 2 aliphatic rings. The topological polar surface area (TPSA) is 0 Å². The van der Waals surface area contributed by atoms with Gasteiger partial charge < -0.3 is 0 Å². The second-order valence-corrected chi connectivity index (χ2v) is 10.5. The standard InChI is InChI=1S/C27H29BrF4/c1-2-17-3-5-18(6-4-17)19-7-9-20(10-8-19)21-11-13-22(14-12-21)23-15-24(29)26(25(30)16-23)27(28,31)32/h2,11-20H,1,3-10H2. The molecule has 0 saturated heterocycles. The largest absolute Gasteiger partial charge is 0.332 e. The Kier molecular flexibility index (Phi) is 7.14. The van der Waals surface area contributed by atoms with Crippen molar-refractivity contribution in [1.29, 1.82) is 0 Å². The highest BCUT2D eigenvalue weighted by atomic mass is 79.9. The van der Waals surface area contributed by atoms with Crippen LogP contribution in [0.2, 0.25) is 0 Å². The van der Waals surface area contributed by atoms with E-state index < -0.39 is 22.0 Å². The van der Waals surface area contributed by atoms with Crippen LogP contribution in [0.3, 0.4) is 0 Å². The first-order chi connectivity index (χ1) is 15.3. The van der Waals surface area contributed by atoms with E-state index >= 15 is 0 Å². The fourth-order valence-electron chi connectivity index (χ4n) is 5.73. The number of benzene rings is 2. The normalized spacial score (nSPS) is 26.7. The van der Waals surface area contributed by atoms with Gasteiger partial charge >= 0.3 is 4.83 Å². The van der Waals surface area contributed by atoms with Crippen LogP contribution in [0.1, 0.15) is 68.4 Å². The predicted molar refractivity (Wildman–Crippen MR) is 125 cm³/mol. The first kappa shape index (κ1) is 23.5. The monoisotopic (exact) mass is 508 g/mol. The van der Waals surface area contributed by atoms with Crippen molar-refractivity contribution < 1.29 is 17.6 Å². The second-order valence-electron chi connectivity index (χ2n) is 9.46. The van der Waals surface area contributed by atoms with E-state index in [9.17, 15) is 17.6 Å². The van der Waals surface area contributed by atoms with Gasteiger partial charge in [-0.1, -0.05) is 30.3 Å². The highest BCUT2D eigenvalue weighted by molar-refractivity contribution is 9.09. The van der Waals surface area contributed by atoms with Crippen molar-refractivity contribution in [3.8, 4) is 11.1 Å². The van der Waals surface area contributed by atoms with Gasteiger partial charge in [0, 0.05) is 0 Å². The van der Waals surface area contributed by atoms with Gasteiger partial charge in [-0.15, -0.1) is 6.58 Å². The third-order valence-electron chi connectivity index (χ3n) is 7.63. The van der Waals surface area contributed by atoms with Crippen molar-refractivity contribution in [2.24, 2.45) is 17.8 Å². The number of rotatable bonds is 5. The van der Waals surface area contributed by atoms with Crippen LogP contribution in [-0.2, 0) is 4.83 Å². The summed E-state index contributed by atoms with van der Waals surface area (Å²) in [4.78, 5) is -3.74. The number of hydrogen-bond donors (Lipinski definition) is 0. The zero-order chi connectivity index (χ0) is 22.9. The predicted octanol–water partition coefficient (Wildman–Crippen LogP) is 9.34. The molecule has 0 amide bonds. The minimum absolute atomic E-state index is 0.255. The van der Waals surface area contributed by atoms with Crippen LogP contribution in [-0.4, -0.2) is 0 Å². The molecule has 0 aliphatic heterocycles. The van der Waals surface area contributed by atoms with Crippen molar-refractivity contribution in [2.45, 2.75) is 62.1 Å². The molecular weight excluding hydrogens is 480 g/mol. The minimum Gasteiger partial charge on any atom is -0.206 e. The summed E-state index contributed by atoms with van der Waals surface area (Å²) in [6.45, 7) is 3.94. The van der Waals surface area contributed by atoms with Crippen LogP contribution in [0, 0.1) is 29.4 Å². The Labute approximate surface area is 196 Å². The average molecular weight is 509 g/mol. The Morgan fingerprint density at radius 1 is 0.781 bits per heavy atom. The zero-order valence-corrected chi connectivity index (χ0v) is 19.7. The lowest BCUT2D eigenvalue weighted by molar-refractivity contribution is 0.105. The minimum atomic E-state index is -3.74. The molecule has 0 aromatic heterocycles. The zero-order valence-electron chi connectivity index (χ0n) is 18.1. The fraction of sp³-hybridized carbons (Fsp3) is 0.481. The van der Waals surface area contributed by atoms with E-state index in [-0.39, 0.29) is 5.56 Å². The molecule has 4 rings (SSSR count). The van der Waals surface area contributed by atoms with Crippen molar-refractivity contribution in [1.82, 2.24) is 0 Å². The molecule has 2 saturated carbocycles. The summed E-state index contributed by atoms with van der Waals surface area (Å²) in [5.74, 6) is 0.378. The summed E-state index contributed by atoms with van der Waals surface area (Å²) in [5.41, 5.74) is 0.856. The second kappa shape index (κ2) is 9.70. The summed E-state index contributed by atoms with van der Waals surface area (Å²) in [5, 5.41) is 0. The van der Waals surface area contributed by atoms with Gasteiger partial charge in [-0.2, -0.15) is 8.78 Å². The molecule has 0 atom stereocenters. The highest BCUT2D eigenvalue weighted by Gasteiger charge is 2.35. The number of allylic oxidation sites excluding steroid dienone is 1. The number of hydrogen-bond acceptors (Lipinski definition) is 0. The molecule has 0 bridgehead atoms. The van der Waals surface area contributed by atoms with E-state index in [1.165, 1.54) is 56.9 Å². The van der Waals surface area contributed by atoms with Gasteiger partial charge in [0.2, 0.25) is 0 Å². The Morgan fingerprint density at radius 3 is 1.75 bits per heavy atom. The van der Waals surface area contributed by atoms with E-state index in [1.807, 2.05) is 40.2 Å². The highest BCUT2D eigenvalue weighted by Crippen LogP contribution is 2.44. The smallest absolute Gasteiger partial charge is 0.206 e. The van der Waals surface area contributed by atoms with Gasteiger partial charge in [0.05, 0.1) is 0 Å². The molecule has 0 spiro atoms. The van der Waals surface area contributed by atoms with E-state index in [2.05, 4.69) is 12.7 Å². The molecule has 0 N–H and O–H groups in total. The Morgan fingerprint density at radius 2 is 1.28 bits per heavy atom. The number of alkyl halides is 3. The summed E-state index contributed by atoms with van der Waals surface area (Å²) in [7, 11) is 0. The van der Waals surface area contributed by atoms with E-state index in [0.717, 1.165) is 24.0 Å². The maximum atomic E-state index is 14.1. The fourth-order valence-corrected chi connectivity index (χ4v) is 6.11. The Hall–Kier alpha value is -1.62. The molecular formula is C27H29BrF4. The van der Waals surface area contributed by atoms with E-state index in [0.29, 0.717) is 17.4 Å². The molecule has 2 aliphatic carbocycles. The van der Waals surface area contributed by atoms with E-state index in [4.69, 9.17) is 0 Å². The summed E-state index contributed by atoms with van der Waals surface area (Å²) in [6.07, 6.45) is 12.2. The molecule has 2 fully saturated rings. The molecule has 0 radical (unpaired) electrons. The van der Waals surface area contributed by atoms with Crippen LogP contribution in [0.5, 0.6) is 0 Å². The Bertz CT molecular complexity index is 908. The molecule has 2 aromatic rings. The van der Waals surface area contributed by atoms with Gasteiger partial charge in [-0.3, -0.25) is 0 Å². The molecule has 32 heavy (non-hydrogen) atoms. The van der Waals surface area contributed by atoms with Crippen molar-refractivity contribution in [2.75, 3.05) is 0 Å². The van der Waals surface area contributed by atoms with Gasteiger partial charge in [-0.05, 0) is 120 Å². The van der Waals surface area contributed by atoms with Crippen LogP contribution in [0.25, 0.3) is 11.1 Å². The van der Waals surface area contributed by atoms with Crippen molar-refractivity contribution in [3.05, 3.63) is 71.8 Å².